The van der Waals surface area contributed by atoms with Crippen LogP contribution in [0.25, 0.3) is 11.4 Å². The van der Waals surface area contributed by atoms with Crippen molar-refractivity contribution >= 4 is 35.7 Å². The number of hydrogen-bond donors (Lipinski definition) is 0. The van der Waals surface area contributed by atoms with E-state index in [2.05, 4.69) is 38.8 Å². The van der Waals surface area contributed by atoms with Gasteiger partial charge in [0.05, 0.1) is 36.0 Å². The number of fused-ring (bicyclic) bond motifs is 1. The maximum Gasteiger partial charge on any atom is 0.339 e. The number of benzene rings is 3. The molecule has 0 bridgehead atoms. The summed E-state index contributed by atoms with van der Waals surface area (Å²) in [5.74, 6) is -0.289. The highest BCUT2D eigenvalue weighted by atomic mass is 32.2. The zero-order valence-electron chi connectivity index (χ0n) is 29.4. The van der Waals surface area contributed by atoms with E-state index in [1.165, 1.54) is 11.4 Å². The van der Waals surface area contributed by atoms with E-state index in [0.29, 0.717) is 5.70 Å². The van der Waals surface area contributed by atoms with Crippen LogP contribution in [0.1, 0.15) is 49.9 Å². The quantitative estimate of drug-likeness (QED) is 0.184. The van der Waals surface area contributed by atoms with Gasteiger partial charge in [-0.3, -0.25) is 4.31 Å². The SMILES string of the molecule is COC(=O)/C1=C(\O[Si](C)(C)C(C)(C)C)CN(S(=O)(=O)c2ccc(C)cc2)/C=C(/c2ccc(C)cc2)N2C(c3ccccc3)=C(C)C=CC12. The van der Waals surface area contributed by atoms with Crippen LogP contribution in [0.5, 0.6) is 0 Å². The standard InChI is InChI=1S/C39H46N2O5SSi/c1-27-15-20-30(21-16-27)34-25-40(47(43,44)32-22-17-28(2)18-23-32)26-35(46-48(8,9)39(4,5)6)36(38(42)45-7)33-24-19-29(3)37(41(33)34)31-13-11-10-12-14-31/h10-25,33H,26H2,1-9H3/b34-25-,36-35-. The molecule has 0 saturated carbocycles. The van der Waals surface area contributed by atoms with E-state index in [9.17, 15) is 13.2 Å². The molecular weight excluding hydrogens is 637 g/mol. The van der Waals surface area contributed by atoms with Gasteiger partial charge in [-0.2, -0.15) is 0 Å². The molecule has 2 heterocycles. The van der Waals surface area contributed by atoms with Crippen molar-refractivity contribution in [3.63, 3.8) is 0 Å². The molecule has 5 rings (SSSR count). The highest BCUT2D eigenvalue weighted by molar-refractivity contribution is 7.89. The summed E-state index contributed by atoms with van der Waals surface area (Å²) in [5, 5.41) is -0.235. The summed E-state index contributed by atoms with van der Waals surface area (Å²) in [7, 11) is -5.39. The van der Waals surface area contributed by atoms with Gasteiger partial charge < -0.3 is 14.1 Å². The van der Waals surface area contributed by atoms with Gasteiger partial charge in [0.25, 0.3) is 10.0 Å². The third-order valence-electron chi connectivity index (χ3n) is 9.45. The van der Waals surface area contributed by atoms with Crippen LogP contribution >= 0.6 is 0 Å². The van der Waals surface area contributed by atoms with Gasteiger partial charge in [-0.1, -0.05) is 111 Å². The Labute approximate surface area is 287 Å². The molecule has 2 aliphatic rings. The average molecular weight is 683 g/mol. The second-order valence-corrected chi connectivity index (χ2v) is 20.6. The van der Waals surface area contributed by atoms with Gasteiger partial charge in [0.1, 0.15) is 11.3 Å². The normalized spacial score (nSPS) is 20.0. The van der Waals surface area contributed by atoms with Crippen LogP contribution in [0.4, 0.5) is 0 Å². The molecule has 252 valence electrons. The fourth-order valence-corrected chi connectivity index (χ4v) is 8.03. The summed E-state index contributed by atoms with van der Waals surface area (Å²) in [6, 6.07) is 24.1. The van der Waals surface area contributed by atoms with Gasteiger partial charge in [0.2, 0.25) is 8.32 Å². The molecule has 9 heteroatoms. The van der Waals surface area contributed by atoms with E-state index in [1.807, 2.05) is 87.5 Å². The molecule has 0 saturated heterocycles. The molecule has 1 unspecified atom stereocenters. The zero-order chi connectivity index (χ0) is 35.0. The average Bonchev–Trinajstić information content (AvgIpc) is 3.03. The molecular formula is C39H46N2O5SSi. The first-order valence-corrected chi connectivity index (χ1v) is 20.5. The Bertz CT molecular complexity index is 1920. The zero-order valence-corrected chi connectivity index (χ0v) is 31.2. The molecule has 3 aromatic rings. The maximum absolute atomic E-state index is 14.7. The second-order valence-electron chi connectivity index (χ2n) is 14.0. The lowest BCUT2D eigenvalue weighted by Gasteiger charge is -2.44. The number of rotatable bonds is 7. The van der Waals surface area contributed by atoms with Gasteiger partial charge in [-0.05, 0) is 67.7 Å². The highest BCUT2D eigenvalue weighted by Gasteiger charge is 2.44. The molecule has 2 aliphatic heterocycles. The molecule has 0 radical (unpaired) electrons. The van der Waals surface area contributed by atoms with Crippen LogP contribution in [0.15, 0.2) is 119 Å². The molecule has 0 amide bonds. The van der Waals surface area contributed by atoms with Crippen molar-refractivity contribution in [1.82, 2.24) is 9.21 Å². The number of ether oxygens (including phenoxy) is 1. The van der Waals surface area contributed by atoms with Crippen LogP contribution in [-0.4, -0.2) is 51.6 Å². The van der Waals surface area contributed by atoms with Gasteiger partial charge in [-0.15, -0.1) is 0 Å². The summed E-state index contributed by atoms with van der Waals surface area (Å²) in [5.41, 5.74) is 6.42. The molecule has 0 fully saturated rings. The number of carbonyl (C=O) groups is 1. The fourth-order valence-electron chi connectivity index (χ4n) is 5.65. The fraction of sp³-hybridized carbons (Fsp3) is 0.308. The molecule has 1 atom stereocenters. The van der Waals surface area contributed by atoms with Crippen LogP contribution < -0.4 is 0 Å². The Kier molecular flexibility index (Phi) is 9.68. The number of allylic oxidation sites excluding steroid dienone is 2. The number of hydrogen-bond acceptors (Lipinski definition) is 6. The highest BCUT2D eigenvalue weighted by Crippen LogP contribution is 2.44. The third-order valence-corrected chi connectivity index (χ3v) is 15.5. The van der Waals surface area contributed by atoms with Crippen molar-refractivity contribution in [3.8, 4) is 0 Å². The third kappa shape index (κ3) is 6.80. The van der Waals surface area contributed by atoms with Crippen molar-refractivity contribution in [1.29, 1.82) is 0 Å². The Balaban J connectivity index is 1.90. The summed E-state index contributed by atoms with van der Waals surface area (Å²) < 4.78 is 43.1. The van der Waals surface area contributed by atoms with Gasteiger partial charge in [0.15, 0.2) is 0 Å². The lowest BCUT2D eigenvalue weighted by Crippen LogP contribution is -2.46. The van der Waals surface area contributed by atoms with Gasteiger partial charge >= 0.3 is 5.97 Å². The monoisotopic (exact) mass is 682 g/mol. The number of sulfonamides is 1. The van der Waals surface area contributed by atoms with Crippen LogP contribution in [0.3, 0.4) is 0 Å². The number of nitrogens with zero attached hydrogens (tertiary/aromatic N) is 2. The maximum atomic E-state index is 14.7. The van der Waals surface area contributed by atoms with Crippen molar-refractivity contribution in [3.05, 3.63) is 136 Å². The van der Waals surface area contributed by atoms with Crippen molar-refractivity contribution in [2.45, 2.75) is 70.6 Å². The minimum atomic E-state index is -4.14. The summed E-state index contributed by atoms with van der Waals surface area (Å²) in [4.78, 5) is 16.3. The first kappa shape index (κ1) is 35.0. The first-order chi connectivity index (χ1) is 22.5. The molecule has 0 N–H and O–H groups in total. The molecule has 48 heavy (non-hydrogen) atoms. The van der Waals surface area contributed by atoms with Crippen LogP contribution in [-0.2, 0) is 24.0 Å². The molecule has 0 aromatic heterocycles. The van der Waals surface area contributed by atoms with Crippen molar-refractivity contribution in [2.24, 2.45) is 0 Å². The largest absolute Gasteiger partial charge is 0.545 e. The van der Waals surface area contributed by atoms with E-state index in [0.717, 1.165) is 33.5 Å². The lowest BCUT2D eigenvalue weighted by atomic mass is 9.91. The topological polar surface area (TPSA) is 76.1 Å². The predicted octanol–water partition coefficient (Wildman–Crippen LogP) is 8.43. The lowest BCUT2D eigenvalue weighted by molar-refractivity contribution is -0.136. The predicted molar refractivity (Wildman–Crippen MR) is 195 cm³/mol. The van der Waals surface area contributed by atoms with Crippen LogP contribution in [0.2, 0.25) is 18.1 Å². The molecule has 3 aromatic carbocycles. The Morgan fingerprint density at radius 3 is 2.00 bits per heavy atom. The summed E-state index contributed by atoms with van der Waals surface area (Å²) >= 11 is 0. The van der Waals surface area contributed by atoms with E-state index in [4.69, 9.17) is 9.16 Å². The Morgan fingerprint density at radius 2 is 1.44 bits per heavy atom. The van der Waals surface area contributed by atoms with E-state index >= 15 is 0 Å². The minimum Gasteiger partial charge on any atom is -0.545 e. The van der Waals surface area contributed by atoms with Crippen LogP contribution in [0, 0.1) is 13.8 Å². The van der Waals surface area contributed by atoms with Gasteiger partial charge in [-0.25, -0.2) is 13.2 Å². The molecule has 7 nitrogen and oxygen atoms in total. The first-order valence-electron chi connectivity index (χ1n) is 16.2. The van der Waals surface area contributed by atoms with E-state index in [1.54, 1.807) is 30.5 Å². The number of aryl methyl sites for hydroxylation is 2. The minimum absolute atomic E-state index is 0.143. The molecule has 0 aliphatic carbocycles. The molecule has 0 spiro atoms. The smallest absolute Gasteiger partial charge is 0.339 e. The summed E-state index contributed by atoms with van der Waals surface area (Å²) in [6.07, 6.45) is 5.70. The number of esters is 1. The van der Waals surface area contributed by atoms with Crippen molar-refractivity contribution in [2.75, 3.05) is 13.7 Å². The Hall–Kier alpha value is -4.34. The second kappa shape index (κ2) is 13.3. The number of carbonyl (C=O) groups excluding carboxylic acids is 1. The number of methoxy groups -OCH3 is 1. The van der Waals surface area contributed by atoms with Gasteiger partial charge in [0, 0.05) is 6.20 Å². The summed E-state index contributed by atoms with van der Waals surface area (Å²) in [6.45, 7) is 16.3. The van der Waals surface area contributed by atoms with E-state index in [-0.39, 0.29) is 27.8 Å². The van der Waals surface area contributed by atoms with Crippen molar-refractivity contribution < 1.29 is 22.4 Å². The Morgan fingerprint density at radius 1 is 0.854 bits per heavy atom. The van der Waals surface area contributed by atoms with E-state index < -0.39 is 30.4 Å².